The van der Waals surface area contributed by atoms with Crippen LogP contribution in [0.5, 0.6) is 0 Å². The van der Waals surface area contributed by atoms with Crippen LogP contribution >= 0.6 is 0 Å². The molecule has 0 aliphatic rings. The molecule has 2 rings (SSSR count). The fourth-order valence-electron chi connectivity index (χ4n) is 2.57. The summed E-state index contributed by atoms with van der Waals surface area (Å²) in [4.78, 5) is 4.24. The molecule has 0 heterocycles. The Bertz CT molecular complexity index is 572. The predicted molar refractivity (Wildman–Crippen MR) is 108 cm³/mol. The Morgan fingerprint density at radius 3 is 1.46 bits per heavy atom. The summed E-state index contributed by atoms with van der Waals surface area (Å²) in [6.45, 7) is 2.19. The molecule has 0 amide bonds. The van der Waals surface area contributed by atoms with Crippen molar-refractivity contribution in [3.05, 3.63) is 59.7 Å². The smallest absolute Gasteiger partial charge is 0.107 e. The van der Waals surface area contributed by atoms with Gasteiger partial charge in [0.15, 0.2) is 0 Å². The van der Waals surface area contributed by atoms with E-state index in [-0.39, 0.29) is 6.10 Å². The van der Waals surface area contributed by atoms with E-state index in [1.807, 2.05) is 0 Å². The average Bonchev–Trinajstić information content (AvgIpc) is 2.59. The van der Waals surface area contributed by atoms with Crippen molar-refractivity contribution in [1.82, 2.24) is 0 Å². The molecule has 0 saturated carbocycles. The van der Waals surface area contributed by atoms with Crippen molar-refractivity contribution in [2.75, 3.05) is 38.0 Å². The van der Waals surface area contributed by atoms with E-state index in [0.717, 1.165) is 16.7 Å². The Balaban J connectivity index is 2.33. The van der Waals surface area contributed by atoms with Gasteiger partial charge in [-0.15, -0.1) is 0 Å². The molecule has 0 bridgehead atoms. The van der Waals surface area contributed by atoms with Crippen molar-refractivity contribution >= 4 is 21.6 Å². The number of hydrogen-bond acceptors (Lipinski definition) is 3. The molecule has 24 heavy (non-hydrogen) atoms. The number of rotatable bonds is 7. The monoisotopic (exact) mass is 342 g/mol. The number of nitrogens with zero attached hydrogens (tertiary/aromatic N) is 2. The SMILES string of the molecule is CCC([SiH3])OC(c1ccc(N(C)C)cc1)c1ccc(N(C)C)cc1. The van der Waals surface area contributed by atoms with Gasteiger partial charge in [-0.3, -0.25) is 0 Å². The molecule has 0 saturated heterocycles. The molecule has 0 radical (unpaired) electrons. The van der Waals surface area contributed by atoms with Crippen LogP contribution in [0.2, 0.25) is 0 Å². The molecule has 2 aromatic carbocycles. The van der Waals surface area contributed by atoms with Crippen LogP contribution in [0.4, 0.5) is 11.4 Å². The molecular formula is C20H30N2OSi. The minimum absolute atomic E-state index is 0.000116. The highest BCUT2D eigenvalue weighted by molar-refractivity contribution is 6.10. The van der Waals surface area contributed by atoms with Crippen molar-refractivity contribution in [3.63, 3.8) is 0 Å². The van der Waals surface area contributed by atoms with E-state index >= 15 is 0 Å². The predicted octanol–water partition coefficient (Wildman–Crippen LogP) is 3.03. The number of ether oxygens (including phenoxy) is 1. The molecule has 0 N–H and O–H groups in total. The average molecular weight is 343 g/mol. The third-order valence-electron chi connectivity index (χ3n) is 4.37. The van der Waals surface area contributed by atoms with Gasteiger partial charge in [-0.1, -0.05) is 31.2 Å². The van der Waals surface area contributed by atoms with Crippen LogP contribution in [0.25, 0.3) is 0 Å². The second kappa shape index (κ2) is 8.35. The maximum absolute atomic E-state index is 6.41. The van der Waals surface area contributed by atoms with Gasteiger partial charge in [-0.25, -0.2) is 0 Å². The minimum atomic E-state index is -0.000116. The third kappa shape index (κ3) is 4.62. The van der Waals surface area contributed by atoms with Crippen molar-refractivity contribution in [2.45, 2.75) is 25.2 Å². The zero-order chi connectivity index (χ0) is 17.7. The van der Waals surface area contributed by atoms with Crippen molar-refractivity contribution in [3.8, 4) is 0 Å². The van der Waals surface area contributed by atoms with Crippen LogP contribution in [-0.4, -0.2) is 44.2 Å². The lowest BCUT2D eigenvalue weighted by molar-refractivity contribution is 0.0536. The van der Waals surface area contributed by atoms with Crippen molar-refractivity contribution in [1.29, 1.82) is 0 Å². The Morgan fingerprint density at radius 1 is 0.792 bits per heavy atom. The fourth-order valence-corrected chi connectivity index (χ4v) is 2.84. The van der Waals surface area contributed by atoms with E-state index in [0.29, 0.717) is 5.73 Å². The molecule has 0 aromatic heterocycles. The summed E-state index contributed by atoms with van der Waals surface area (Å²) in [7, 11) is 9.29. The van der Waals surface area contributed by atoms with Gasteiger partial charge in [0.2, 0.25) is 0 Å². The Kier molecular flexibility index (Phi) is 6.46. The first-order valence-electron chi connectivity index (χ1n) is 8.62. The highest BCUT2D eigenvalue weighted by Gasteiger charge is 2.17. The molecule has 130 valence electrons. The van der Waals surface area contributed by atoms with E-state index in [2.05, 4.69) is 93.4 Å². The second-order valence-corrected chi connectivity index (χ2v) is 7.99. The first kappa shape index (κ1) is 18.6. The number of anilines is 2. The summed E-state index contributed by atoms with van der Waals surface area (Å²) in [6.07, 6.45) is 1.06. The van der Waals surface area contributed by atoms with Crippen LogP contribution in [0.15, 0.2) is 48.5 Å². The van der Waals surface area contributed by atoms with Gasteiger partial charge in [0.25, 0.3) is 0 Å². The maximum Gasteiger partial charge on any atom is 0.107 e. The van der Waals surface area contributed by atoms with Gasteiger partial charge in [0.1, 0.15) is 6.10 Å². The summed E-state index contributed by atoms with van der Waals surface area (Å²) < 4.78 is 6.41. The quantitative estimate of drug-likeness (QED) is 0.720. The first-order chi connectivity index (χ1) is 11.4. The van der Waals surface area contributed by atoms with Crippen LogP contribution in [-0.2, 0) is 4.74 Å². The standard InChI is InChI=1S/C20H30N2OSi/c1-6-19(24)23-20(15-7-11-17(12-8-15)21(2)3)16-9-13-18(14-10-16)22(4)5/h7-14,19-20H,6H2,1-5,24H3. The summed E-state index contributed by atoms with van der Waals surface area (Å²) >= 11 is 0. The maximum atomic E-state index is 6.41. The summed E-state index contributed by atoms with van der Waals surface area (Å²) in [5.74, 6) is 0. The van der Waals surface area contributed by atoms with E-state index in [9.17, 15) is 0 Å². The van der Waals surface area contributed by atoms with Crippen LogP contribution < -0.4 is 9.80 Å². The molecule has 4 heteroatoms. The Labute approximate surface area is 149 Å². The minimum Gasteiger partial charge on any atom is -0.378 e. The highest BCUT2D eigenvalue weighted by atomic mass is 28.1. The topological polar surface area (TPSA) is 15.7 Å². The first-order valence-corrected chi connectivity index (χ1v) is 9.77. The van der Waals surface area contributed by atoms with Crippen molar-refractivity contribution in [2.24, 2.45) is 0 Å². The van der Waals surface area contributed by atoms with E-state index in [1.165, 1.54) is 22.5 Å². The summed E-state index contributed by atoms with van der Waals surface area (Å²) in [6, 6.07) is 17.4. The summed E-state index contributed by atoms with van der Waals surface area (Å²) in [5, 5.41) is 0. The van der Waals surface area contributed by atoms with Gasteiger partial charge < -0.3 is 14.5 Å². The number of benzene rings is 2. The molecule has 1 atom stereocenters. The zero-order valence-corrected chi connectivity index (χ0v) is 17.8. The second-order valence-electron chi connectivity index (χ2n) is 6.71. The van der Waals surface area contributed by atoms with E-state index < -0.39 is 0 Å². The Hall–Kier alpha value is -1.78. The van der Waals surface area contributed by atoms with Gasteiger partial charge in [0.05, 0.1) is 0 Å². The summed E-state index contributed by atoms with van der Waals surface area (Å²) in [5.41, 5.74) is 5.20. The lowest BCUT2D eigenvalue weighted by Crippen LogP contribution is -2.17. The Morgan fingerprint density at radius 2 is 1.17 bits per heavy atom. The molecular weight excluding hydrogens is 312 g/mol. The zero-order valence-electron chi connectivity index (χ0n) is 15.8. The normalized spacial score (nSPS) is 12.4. The van der Waals surface area contributed by atoms with E-state index in [1.54, 1.807) is 0 Å². The molecule has 2 aromatic rings. The third-order valence-corrected chi connectivity index (χ3v) is 5.46. The van der Waals surface area contributed by atoms with Crippen molar-refractivity contribution < 1.29 is 4.74 Å². The molecule has 0 spiro atoms. The van der Waals surface area contributed by atoms with E-state index in [4.69, 9.17) is 4.74 Å². The van der Waals surface area contributed by atoms with Crippen LogP contribution in [0.3, 0.4) is 0 Å². The lowest BCUT2D eigenvalue weighted by atomic mass is 10.0. The van der Waals surface area contributed by atoms with Gasteiger partial charge >= 0.3 is 0 Å². The van der Waals surface area contributed by atoms with Gasteiger partial charge in [-0.2, -0.15) is 0 Å². The largest absolute Gasteiger partial charge is 0.378 e. The molecule has 0 aliphatic carbocycles. The highest BCUT2D eigenvalue weighted by Crippen LogP contribution is 2.30. The molecule has 0 fully saturated rings. The molecule has 0 aliphatic heterocycles. The number of hydrogen-bond donors (Lipinski definition) is 0. The lowest BCUT2D eigenvalue weighted by Gasteiger charge is -2.24. The molecule has 1 unspecified atom stereocenters. The van der Waals surface area contributed by atoms with Gasteiger partial charge in [0, 0.05) is 55.5 Å². The van der Waals surface area contributed by atoms with Crippen LogP contribution in [0, 0.1) is 0 Å². The van der Waals surface area contributed by atoms with Gasteiger partial charge in [-0.05, 0) is 41.8 Å². The molecule has 3 nitrogen and oxygen atoms in total. The fraction of sp³-hybridized carbons (Fsp3) is 0.400. The van der Waals surface area contributed by atoms with Crippen LogP contribution in [0.1, 0.15) is 30.6 Å².